The zero-order valence-corrected chi connectivity index (χ0v) is 7.63. The van der Waals surface area contributed by atoms with Crippen LogP contribution in [0.25, 0.3) is 0 Å². The second-order valence-corrected chi connectivity index (χ2v) is 3.31. The average Bonchev–Trinajstić information content (AvgIpc) is 2.03. The normalized spacial score (nSPS) is 10.6. The lowest BCUT2D eigenvalue weighted by molar-refractivity contribution is -0.137. The Hall–Kier alpha value is -0.730. The minimum absolute atomic E-state index is 0.265. The van der Waals surface area contributed by atoms with Crippen molar-refractivity contribution < 1.29 is 19.0 Å². The van der Waals surface area contributed by atoms with Gasteiger partial charge in [-0.1, -0.05) is 6.58 Å². The van der Waals surface area contributed by atoms with Gasteiger partial charge in [-0.25, -0.2) is 4.79 Å². The molecule has 68 valence electrons. The molecule has 0 aromatic carbocycles. The molecular formula is C7H12O4P+. The van der Waals surface area contributed by atoms with Crippen LogP contribution in [-0.2, 0) is 14.1 Å². The highest BCUT2D eigenvalue weighted by atomic mass is 31.1. The molecule has 0 aliphatic carbocycles. The Morgan fingerprint density at radius 1 is 1.58 bits per heavy atom. The predicted molar refractivity (Wildman–Crippen MR) is 45.1 cm³/mol. The average molecular weight is 191 g/mol. The third-order valence-electron chi connectivity index (χ3n) is 1.15. The Morgan fingerprint density at radius 2 is 2.25 bits per heavy atom. The predicted octanol–water partition coefficient (Wildman–Crippen LogP) is 1.23. The molecule has 0 bridgehead atoms. The standard InChI is InChI=1S/C7H11O4P/c1-2-7(8)11-5-3-4-6-12(9)10/h2H,1,3-6H2/p+1. The van der Waals surface area contributed by atoms with Gasteiger partial charge in [-0.2, -0.15) is 4.89 Å². The van der Waals surface area contributed by atoms with E-state index in [9.17, 15) is 9.36 Å². The molecule has 0 saturated carbocycles. The number of hydrogen-bond donors (Lipinski definition) is 1. The molecule has 1 unspecified atom stereocenters. The maximum atomic E-state index is 10.5. The zero-order valence-electron chi connectivity index (χ0n) is 6.73. The molecule has 1 N–H and O–H groups in total. The van der Waals surface area contributed by atoms with E-state index in [0.29, 0.717) is 12.8 Å². The maximum Gasteiger partial charge on any atom is 0.505 e. The number of ether oxygens (including phenoxy) is 1. The fourth-order valence-corrected chi connectivity index (χ4v) is 1.07. The van der Waals surface area contributed by atoms with E-state index in [4.69, 9.17) is 4.89 Å². The Morgan fingerprint density at radius 3 is 2.75 bits per heavy atom. The quantitative estimate of drug-likeness (QED) is 0.297. The summed E-state index contributed by atoms with van der Waals surface area (Å²) in [6, 6.07) is 0. The highest BCUT2D eigenvalue weighted by Gasteiger charge is 2.08. The molecule has 1 atom stereocenters. The van der Waals surface area contributed by atoms with Gasteiger partial charge in [0.05, 0.1) is 6.61 Å². The fraction of sp³-hybridized carbons (Fsp3) is 0.571. The van der Waals surface area contributed by atoms with E-state index in [1.54, 1.807) is 0 Å². The summed E-state index contributed by atoms with van der Waals surface area (Å²) in [5, 5.41) is 0. The van der Waals surface area contributed by atoms with Gasteiger partial charge in [0.1, 0.15) is 0 Å². The minimum atomic E-state index is -2.05. The van der Waals surface area contributed by atoms with Crippen LogP contribution in [-0.4, -0.2) is 23.6 Å². The van der Waals surface area contributed by atoms with Gasteiger partial charge in [0.15, 0.2) is 6.16 Å². The topological polar surface area (TPSA) is 63.6 Å². The molecule has 5 heteroatoms. The van der Waals surface area contributed by atoms with Gasteiger partial charge < -0.3 is 4.74 Å². The minimum Gasteiger partial charge on any atom is -0.463 e. The molecule has 0 rings (SSSR count). The number of carbonyl (C=O) groups excluding carboxylic acids is 1. The number of carbonyl (C=O) groups is 1. The highest BCUT2D eigenvalue weighted by Crippen LogP contribution is 2.14. The monoisotopic (exact) mass is 191 g/mol. The van der Waals surface area contributed by atoms with Crippen molar-refractivity contribution in [2.45, 2.75) is 12.8 Å². The van der Waals surface area contributed by atoms with E-state index in [1.807, 2.05) is 0 Å². The van der Waals surface area contributed by atoms with Crippen molar-refractivity contribution in [2.75, 3.05) is 12.8 Å². The largest absolute Gasteiger partial charge is 0.505 e. The van der Waals surface area contributed by atoms with Gasteiger partial charge in [-0.15, -0.1) is 0 Å². The summed E-state index contributed by atoms with van der Waals surface area (Å²) in [6.07, 6.45) is 2.56. The van der Waals surface area contributed by atoms with E-state index in [2.05, 4.69) is 11.3 Å². The van der Waals surface area contributed by atoms with Crippen LogP contribution in [0.1, 0.15) is 12.8 Å². The van der Waals surface area contributed by atoms with Crippen molar-refractivity contribution in [3.05, 3.63) is 12.7 Å². The van der Waals surface area contributed by atoms with Gasteiger partial charge in [-0.05, 0) is 17.4 Å². The van der Waals surface area contributed by atoms with Crippen molar-refractivity contribution in [1.29, 1.82) is 0 Å². The molecule has 0 heterocycles. The van der Waals surface area contributed by atoms with E-state index in [1.165, 1.54) is 0 Å². The van der Waals surface area contributed by atoms with Crippen LogP contribution >= 0.6 is 8.03 Å². The van der Waals surface area contributed by atoms with Crippen LogP contribution in [0.15, 0.2) is 12.7 Å². The van der Waals surface area contributed by atoms with Crippen LogP contribution in [0.3, 0.4) is 0 Å². The van der Waals surface area contributed by atoms with Gasteiger partial charge >= 0.3 is 14.0 Å². The molecule has 4 nitrogen and oxygen atoms in total. The van der Waals surface area contributed by atoms with Crippen molar-refractivity contribution in [2.24, 2.45) is 0 Å². The molecule has 0 fully saturated rings. The van der Waals surface area contributed by atoms with E-state index >= 15 is 0 Å². The summed E-state index contributed by atoms with van der Waals surface area (Å²) in [4.78, 5) is 18.9. The molecule has 0 aliphatic heterocycles. The SMILES string of the molecule is C=CC(=O)OCCCC[P+](=O)O. The lowest BCUT2D eigenvalue weighted by atomic mass is 10.4. The lowest BCUT2D eigenvalue weighted by Crippen LogP contribution is -2.01. The van der Waals surface area contributed by atoms with Gasteiger partial charge in [-0.3, -0.25) is 0 Å². The second-order valence-electron chi connectivity index (χ2n) is 2.15. The van der Waals surface area contributed by atoms with Crippen LogP contribution < -0.4 is 0 Å². The Balaban J connectivity index is 3.16. The molecule has 0 aromatic rings. The third kappa shape index (κ3) is 7.38. The summed E-state index contributed by atoms with van der Waals surface area (Å²) >= 11 is 0. The summed E-state index contributed by atoms with van der Waals surface area (Å²) in [7, 11) is -2.05. The lowest BCUT2D eigenvalue weighted by Gasteiger charge is -1.97. The van der Waals surface area contributed by atoms with Crippen molar-refractivity contribution in [3.63, 3.8) is 0 Å². The number of hydrogen-bond acceptors (Lipinski definition) is 3. The molecule has 0 spiro atoms. The second kappa shape index (κ2) is 6.95. The first-order valence-corrected chi connectivity index (χ1v) is 4.99. The van der Waals surface area contributed by atoms with Gasteiger partial charge in [0.2, 0.25) is 0 Å². The van der Waals surface area contributed by atoms with E-state index in [-0.39, 0.29) is 12.8 Å². The first-order valence-electron chi connectivity index (χ1n) is 3.59. The molecule has 0 aromatic heterocycles. The van der Waals surface area contributed by atoms with Crippen molar-refractivity contribution in [1.82, 2.24) is 0 Å². The Kier molecular flexibility index (Phi) is 6.53. The zero-order chi connectivity index (χ0) is 9.40. The van der Waals surface area contributed by atoms with Crippen molar-refractivity contribution in [3.8, 4) is 0 Å². The maximum absolute atomic E-state index is 10.5. The highest BCUT2D eigenvalue weighted by molar-refractivity contribution is 7.37. The number of esters is 1. The fourth-order valence-electron chi connectivity index (χ4n) is 0.581. The first-order chi connectivity index (χ1) is 5.66. The van der Waals surface area contributed by atoms with Gasteiger partial charge in [0, 0.05) is 6.08 Å². The first kappa shape index (κ1) is 11.3. The van der Waals surface area contributed by atoms with Crippen LogP contribution in [0.4, 0.5) is 0 Å². The molecule has 0 aliphatic rings. The molecule has 12 heavy (non-hydrogen) atoms. The van der Waals surface area contributed by atoms with Gasteiger partial charge in [0.25, 0.3) is 0 Å². The molecular weight excluding hydrogens is 179 g/mol. The molecule has 0 radical (unpaired) electrons. The Labute approximate surface area is 72.1 Å². The van der Waals surface area contributed by atoms with Crippen LogP contribution in [0.2, 0.25) is 0 Å². The van der Waals surface area contributed by atoms with Crippen molar-refractivity contribution >= 4 is 14.0 Å². The van der Waals surface area contributed by atoms with Crippen LogP contribution in [0, 0.1) is 0 Å². The van der Waals surface area contributed by atoms with E-state index in [0.717, 1.165) is 6.08 Å². The summed E-state index contributed by atoms with van der Waals surface area (Å²) in [5.41, 5.74) is 0. The molecule has 0 amide bonds. The summed E-state index contributed by atoms with van der Waals surface area (Å²) < 4.78 is 14.8. The molecule has 0 saturated heterocycles. The third-order valence-corrected chi connectivity index (χ3v) is 1.85. The Bertz CT molecular complexity index is 178. The van der Waals surface area contributed by atoms with Crippen LogP contribution in [0.5, 0.6) is 0 Å². The number of rotatable bonds is 6. The van der Waals surface area contributed by atoms with E-state index < -0.39 is 14.0 Å². The number of unbranched alkanes of at least 4 members (excludes halogenated alkanes) is 1. The summed E-state index contributed by atoms with van der Waals surface area (Å²) in [6.45, 7) is 3.51. The smallest absolute Gasteiger partial charge is 0.463 e. The summed E-state index contributed by atoms with van der Waals surface area (Å²) in [5.74, 6) is -0.455.